The van der Waals surface area contributed by atoms with Gasteiger partial charge in [-0.15, -0.1) is 0 Å². The molecule has 0 saturated heterocycles. The molecule has 2 atom stereocenters. The maximum atomic E-state index is 6.30. The van der Waals surface area contributed by atoms with Crippen LogP contribution in [0.15, 0.2) is 53.5 Å². The van der Waals surface area contributed by atoms with Crippen LogP contribution in [-0.2, 0) is 0 Å². The zero-order chi connectivity index (χ0) is 14.8. The van der Waals surface area contributed by atoms with Gasteiger partial charge in [0.15, 0.2) is 5.96 Å². The molecule has 0 spiro atoms. The molecule has 0 radical (unpaired) electrons. The Hall–Kier alpha value is -2.00. The molecule has 0 bridgehead atoms. The Morgan fingerprint density at radius 2 is 2.00 bits per heavy atom. The number of guanidine groups is 1. The summed E-state index contributed by atoms with van der Waals surface area (Å²) >= 11 is 6.30. The van der Waals surface area contributed by atoms with Gasteiger partial charge in [-0.25, -0.2) is 4.99 Å². The zero-order valence-electron chi connectivity index (χ0n) is 11.9. The second-order valence-corrected chi connectivity index (χ2v) is 5.81. The monoisotopic (exact) mass is 299 g/mol. The van der Waals surface area contributed by atoms with Crippen molar-refractivity contribution >= 4 is 17.6 Å². The quantitative estimate of drug-likeness (QED) is 0.887. The lowest BCUT2D eigenvalue weighted by Gasteiger charge is -2.29. The fourth-order valence-corrected chi connectivity index (χ4v) is 3.04. The van der Waals surface area contributed by atoms with Gasteiger partial charge in [0, 0.05) is 5.02 Å². The van der Waals surface area contributed by atoms with Gasteiger partial charge in [0.05, 0.1) is 12.1 Å². The Kier molecular flexibility index (Phi) is 3.84. The summed E-state index contributed by atoms with van der Waals surface area (Å²) in [6, 6.07) is 16.4. The van der Waals surface area contributed by atoms with Gasteiger partial charge >= 0.3 is 0 Å². The van der Waals surface area contributed by atoms with Gasteiger partial charge in [-0.2, -0.15) is 0 Å². The summed E-state index contributed by atoms with van der Waals surface area (Å²) < 4.78 is 0. The van der Waals surface area contributed by atoms with E-state index in [0.29, 0.717) is 5.96 Å². The number of hydrogen-bond donors (Lipinski definition) is 2. The van der Waals surface area contributed by atoms with Crippen LogP contribution in [0.2, 0.25) is 5.02 Å². The summed E-state index contributed by atoms with van der Waals surface area (Å²) in [5, 5.41) is 3.99. The van der Waals surface area contributed by atoms with Gasteiger partial charge in [-0.1, -0.05) is 59.6 Å². The van der Waals surface area contributed by atoms with Crippen molar-refractivity contribution in [3.8, 4) is 0 Å². The largest absolute Gasteiger partial charge is 0.370 e. The molecule has 0 aliphatic carbocycles. The van der Waals surface area contributed by atoms with Crippen LogP contribution >= 0.6 is 11.6 Å². The van der Waals surface area contributed by atoms with Crippen LogP contribution in [0.4, 0.5) is 0 Å². The number of nitrogens with zero attached hydrogens (tertiary/aromatic N) is 1. The highest BCUT2D eigenvalue weighted by atomic mass is 35.5. The second-order valence-electron chi connectivity index (χ2n) is 5.40. The number of aliphatic imine (C=N–C) groups is 1. The van der Waals surface area contributed by atoms with Gasteiger partial charge in [0.1, 0.15) is 0 Å². The highest BCUT2D eigenvalue weighted by Crippen LogP contribution is 2.34. The minimum atomic E-state index is 0.0624. The highest BCUT2D eigenvalue weighted by molar-refractivity contribution is 6.31. The van der Waals surface area contributed by atoms with Crippen molar-refractivity contribution in [2.45, 2.75) is 25.4 Å². The minimum absolute atomic E-state index is 0.0624. The van der Waals surface area contributed by atoms with Crippen molar-refractivity contribution in [1.29, 1.82) is 0 Å². The molecule has 0 saturated carbocycles. The molecule has 3 nitrogen and oxygen atoms in total. The van der Waals surface area contributed by atoms with Gasteiger partial charge in [-0.3, -0.25) is 0 Å². The first-order chi connectivity index (χ1) is 10.1. The number of nitrogens with two attached hydrogens (primary N) is 1. The average Bonchev–Trinajstić information content (AvgIpc) is 2.47. The number of nitrogens with one attached hydrogen (secondary N) is 1. The molecule has 2 aromatic carbocycles. The molecule has 0 aromatic heterocycles. The van der Waals surface area contributed by atoms with E-state index in [-0.39, 0.29) is 12.1 Å². The fourth-order valence-electron chi connectivity index (χ4n) is 2.77. The summed E-state index contributed by atoms with van der Waals surface area (Å²) in [7, 11) is 0. The van der Waals surface area contributed by atoms with E-state index in [1.165, 1.54) is 11.1 Å². The van der Waals surface area contributed by atoms with Gasteiger partial charge in [-0.05, 0) is 30.5 Å². The Labute approximate surface area is 129 Å². The molecule has 0 amide bonds. The summed E-state index contributed by atoms with van der Waals surface area (Å²) in [4.78, 5) is 4.54. The van der Waals surface area contributed by atoms with Crippen LogP contribution < -0.4 is 11.1 Å². The first kappa shape index (κ1) is 14.0. The van der Waals surface area contributed by atoms with Crippen LogP contribution in [-0.4, -0.2) is 5.96 Å². The van der Waals surface area contributed by atoms with Gasteiger partial charge in [0.2, 0.25) is 0 Å². The first-order valence-electron chi connectivity index (χ1n) is 7.04. The minimum Gasteiger partial charge on any atom is -0.370 e. The third-order valence-electron chi connectivity index (χ3n) is 3.78. The maximum Gasteiger partial charge on any atom is 0.189 e. The van der Waals surface area contributed by atoms with Crippen molar-refractivity contribution in [2.24, 2.45) is 10.7 Å². The van der Waals surface area contributed by atoms with Crippen molar-refractivity contribution in [2.75, 3.05) is 0 Å². The summed E-state index contributed by atoms with van der Waals surface area (Å²) in [6.07, 6.45) is 0.841. The smallest absolute Gasteiger partial charge is 0.189 e. The number of hydrogen-bond acceptors (Lipinski definition) is 3. The topological polar surface area (TPSA) is 50.4 Å². The molecule has 3 rings (SSSR count). The third-order valence-corrected chi connectivity index (χ3v) is 4.13. The second kappa shape index (κ2) is 5.78. The summed E-state index contributed by atoms with van der Waals surface area (Å²) in [5.41, 5.74) is 9.46. The van der Waals surface area contributed by atoms with E-state index in [1.54, 1.807) is 0 Å². The van der Waals surface area contributed by atoms with E-state index >= 15 is 0 Å². The van der Waals surface area contributed by atoms with Crippen molar-refractivity contribution in [3.63, 3.8) is 0 Å². The van der Waals surface area contributed by atoms with Gasteiger partial charge < -0.3 is 11.1 Å². The van der Waals surface area contributed by atoms with Crippen LogP contribution in [0.25, 0.3) is 0 Å². The Morgan fingerprint density at radius 1 is 1.19 bits per heavy atom. The van der Waals surface area contributed by atoms with Crippen molar-refractivity contribution in [1.82, 2.24) is 5.32 Å². The van der Waals surface area contributed by atoms with Crippen LogP contribution in [0.1, 0.15) is 35.2 Å². The molecule has 3 N–H and O–H groups in total. The molecule has 0 fully saturated rings. The number of rotatable bonds is 2. The molecule has 1 heterocycles. The number of halogens is 1. The summed E-state index contributed by atoms with van der Waals surface area (Å²) in [5.74, 6) is 0.470. The summed E-state index contributed by atoms with van der Waals surface area (Å²) in [6.45, 7) is 2.09. The standard InChI is InChI=1S/C17H18ClN3/c1-11-5-4-6-12(9-11)15-10-16(21-17(19)20-15)13-7-2-3-8-14(13)18/h2-9,15-16H,10H2,1H3,(H3,19,20,21). The molecular weight excluding hydrogens is 282 g/mol. The van der Waals surface area contributed by atoms with Crippen molar-refractivity contribution in [3.05, 3.63) is 70.2 Å². The molecule has 1 aliphatic heterocycles. The molecule has 2 unspecified atom stereocenters. The maximum absolute atomic E-state index is 6.30. The first-order valence-corrected chi connectivity index (χ1v) is 7.42. The molecule has 2 aromatic rings. The van der Waals surface area contributed by atoms with E-state index in [4.69, 9.17) is 17.3 Å². The Balaban J connectivity index is 1.92. The zero-order valence-corrected chi connectivity index (χ0v) is 12.6. The van der Waals surface area contributed by atoms with E-state index in [0.717, 1.165) is 17.0 Å². The molecule has 108 valence electrons. The van der Waals surface area contributed by atoms with E-state index in [1.807, 2.05) is 24.3 Å². The Bertz CT molecular complexity index is 681. The number of aryl methyl sites for hydroxylation is 1. The predicted octanol–water partition coefficient (Wildman–Crippen LogP) is 3.74. The lowest BCUT2D eigenvalue weighted by atomic mass is 9.93. The molecular formula is C17H18ClN3. The van der Waals surface area contributed by atoms with Gasteiger partial charge in [0.25, 0.3) is 0 Å². The van der Waals surface area contributed by atoms with E-state index in [9.17, 15) is 0 Å². The fraction of sp³-hybridized carbons (Fsp3) is 0.235. The Morgan fingerprint density at radius 3 is 2.76 bits per heavy atom. The number of benzene rings is 2. The average molecular weight is 300 g/mol. The molecule has 21 heavy (non-hydrogen) atoms. The van der Waals surface area contributed by atoms with Crippen molar-refractivity contribution < 1.29 is 0 Å². The van der Waals surface area contributed by atoms with E-state index < -0.39 is 0 Å². The lowest BCUT2D eigenvalue weighted by Crippen LogP contribution is -2.39. The lowest BCUT2D eigenvalue weighted by molar-refractivity contribution is 0.487. The van der Waals surface area contributed by atoms with E-state index in [2.05, 4.69) is 41.5 Å². The molecule has 4 heteroatoms. The normalized spacial score (nSPS) is 21.5. The van der Waals surface area contributed by atoms with Crippen LogP contribution in [0.5, 0.6) is 0 Å². The highest BCUT2D eigenvalue weighted by Gasteiger charge is 2.25. The molecule has 1 aliphatic rings. The van der Waals surface area contributed by atoms with Crippen LogP contribution in [0, 0.1) is 6.92 Å². The van der Waals surface area contributed by atoms with Crippen LogP contribution in [0.3, 0.4) is 0 Å². The predicted molar refractivity (Wildman–Crippen MR) is 87.5 cm³/mol. The third kappa shape index (κ3) is 3.03. The SMILES string of the molecule is Cc1cccc(C2CC(c3ccccc3Cl)NC(N)=N2)c1.